The Labute approximate surface area is 162 Å². The lowest BCUT2D eigenvalue weighted by Gasteiger charge is -2.10. The molecule has 2 aromatic carbocycles. The number of phenols is 1. The molecule has 0 unspecified atom stereocenters. The molecule has 8 nitrogen and oxygen atoms in total. The smallest absolute Gasteiger partial charge is 0.257 e. The molecule has 8 heteroatoms. The summed E-state index contributed by atoms with van der Waals surface area (Å²) in [6.07, 6.45) is 1.64. The number of benzene rings is 2. The van der Waals surface area contributed by atoms with Crippen molar-refractivity contribution in [3.63, 3.8) is 0 Å². The second-order valence-electron chi connectivity index (χ2n) is 6.72. The fourth-order valence-electron chi connectivity index (χ4n) is 2.79. The number of fused-ring (bicyclic) bond motifs is 1. The molecule has 0 spiro atoms. The number of anilines is 1. The van der Waals surface area contributed by atoms with Crippen molar-refractivity contribution in [1.82, 2.24) is 20.0 Å². The molecule has 0 aliphatic rings. The molecule has 0 bridgehead atoms. The second-order valence-corrected chi connectivity index (χ2v) is 6.72. The Kier molecular flexibility index (Phi) is 5.90. The van der Waals surface area contributed by atoms with Crippen LogP contribution in [0.15, 0.2) is 48.7 Å². The van der Waals surface area contributed by atoms with Gasteiger partial charge in [0.15, 0.2) is 5.82 Å². The molecule has 3 aromatic rings. The van der Waals surface area contributed by atoms with Crippen LogP contribution in [0.5, 0.6) is 5.75 Å². The SMILES string of the molecule is CN(C)CCNC(=O)Cn1ccc(NC(=O)c2cccc3cc(O)ccc23)n1. The van der Waals surface area contributed by atoms with Gasteiger partial charge >= 0.3 is 0 Å². The molecule has 0 saturated carbocycles. The van der Waals surface area contributed by atoms with E-state index < -0.39 is 0 Å². The third-order valence-electron chi connectivity index (χ3n) is 4.18. The first kappa shape index (κ1) is 19.4. The summed E-state index contributed by atoms with van der Waals surface area (Å²) >= 11 is 0. The summed E-state index contributed by atoms with van der Waals surface area (Å²) in [7, 11) is 3.88. The molecule has 1 aromatic heterocycles. The average molecular weight is 381 g/mol. The molecule has 3 N–H and O–H groups in total. The topological polar surface area (TPSA) is 99.5 Å². The molecule has 28 heavy (non-hydrogen) atoms. The number of hydrogen-bond acceptors (Lipinski definition) is 5. The van der Waals surface area contributed by atoms with E-state index in [1.165, 1.54) is 4.68 Å². The van der Waals surface area contributed by atoms with E-state index in [-0.39, 0.29) is 24.1 Å². The van der Waals surface area contributed by atoms with Crippen LogP contribution in [-0.2, 0) is 11.3 Å². The molecule has 0 atom stereocenters. The van der Waals surface area contributed by atoms with Gasteiger partial charge in [-0.3, -0.25) is 14.3 Å². The zero-order chi connectivity index (χ0) is 20.1. The van der Waals surface area contributed by atoms with Gasteiger partial charge in [-0.2, -0.15) is 5.10 Å². The zero-order valence-electron chi connectivity index (χ0n) is 15.8. The number of likely N-dealkylation sites (N-methyl/N-ethyl adjacent to an activating group) is 1. The summed E-state index contributed by atoms with van der Waals surface area (Å²) in [6.45, 7) is 1.40. The Balaban J connectivity index is 1.64. The van der Waals surface area contributed by atoms with Crippen LogP contribution in [0.4, 0.5) is 5.82 Å². The third kappa shape index (κ3) is 4.86. The van der Waals surface area contributed by atoms with Gasteiger partial charge in [-0.25, -0.2) is 0 Å². The minimum Gasteiger partial charge on any atom is -0.508 e. The Morgan fingerprint density at radius 3 is 2.79 bits per heavy atom. The highest BCUT2D eigenvalue weighted by Gasteiger charge is 2.12. The van der Waals surface area contributed by atoms with Crippen molar-refractivity contribution in [3.05, 3.63) is 54.2 Å². The van der Waals surface area contributed by atoms with Gasteiger partial charge in [0, 0.05) is 30.9 Å². The number of rotatable bonds is 7. The van der Waals surface area contributed by atoms with Crippen molar-refractivity contribution in [2.75, 3.05) is 32.5 Å². The Bertz CT molecular complexity index is 996. The number of amides is 2. The zero-order valence-corrected chi connectivity index (χ0v) is 15.8. The van der Waals surface area contributed by atoms with E-state index in [4.69, 9.17) is 0 Å². The van der Waals surface area contributed by atoms with E-state index in [0.717, 1.165) is 17.3 Å². The predicted molar refractivity (Wildman–Crippen MR) is 107 cm³/mol. The molecule has 146 valence electrons. The maximum atomic E-state index is 12.6. The number of carbonyl (C=O) groups excluding carboxylic acids is 2. The van der Waals surface area contributed by atoms with Crippen LogP contribution in [0.2, 0.25) is 0 Å². The molecule has 3 rings (SSSR count). The Morgan fingerprint density at radius 2 is 2.00 bits per heavy atom. The van der Waals surface area contributed by atoms with E-state index in [0.29, 0.717) is 17.9 Å². The van der Waals surface area contributed by atoms with Gasteiger partial charge in [-0.15, -0.1) is 0 Å². The normalized spacial score (nSPS) is 11.0. The lowest BCUT2D eigenvalue weighted by atomic mass is 10.0. The highest BCUT2D eigenvalue weighted by molar-refractivity contribution is 6.12. The number of aromatic hydroxyl groups is 1. The summed E-state index contributed by atoms with van der Waals surface area (Å²) in [5.41, 5.74) is 0.480. The molecule has 0 radical (unpaired) electrons. The van der Waals surface area contributed by atoms with Crippen molar-refractivity contribution in [3.8, 4) is 5.75 Å². The first-order chi connectivity index (χ1) is 13.4. The van der Waals surface area contributed by atoms with Gasteiger partial charge in [-0.05, 0) is 49.1 Å². The van der Waals surface area contributed by atoms with Gasteiger partial charge in [0.2, 0.25) is 5.91 Å². The summed E-state index contributed by atoms with van der Waals surface area (Å²) in [5.74, 6) is 0.0585. The van der Waals surface area contributed by atoms with Crippen LogP contribution in [0.3, 0.4) is 0 Å². The number of aromatic nitrogens is 2. The highest BCUT2D eigenvalue weighted by Crippen LogP contribution is 2.23. The number of nitrogens with zero attached hydrogens (tertiary/aromatic N) is 3. The summed E-state index contributed by atoms with van der Waals surface area (Å²) in [6, 6.07) is 11.8. The van der Waals surface area contributed by atoms with Crippen LogP contribution >= 0.6 is 0 Å². The predicted octanol–water partition coefficient (Wildman–Crippen LogP) is 1.67. The second kappa shape index (κ2) is 8.53. The number of nitrogens with one attached hydrogen (secondary N) is 2. The minimum atomic E-state index is -0.308. The van der Waals surface area contributed by atoms with Gasteiger partial charge in [0.25, 0.3) is 5.91 Å². The monoisotopic (exact) mass is 381 g/mol. The fraction of sp³-hybridized carbons (Fsp3) is 0.250. The first-order valence-electron chi connectivity index (χ1n) is 8.90. The van der Waals surface area contributed by atoms with Crippen molar-refractivity contribution >= 4 is 28.4 Å². The number of hydrogen-bond donors (Lipinski definition) is 3. The maximum absolute atomic E-state index is 12.6. The van der Waals surface area contributed by atoms with Crippen molar-refractivity contribution < 1.29 is 14.7 Å². The van der Waals surface area contributed by atoms with E-state index in [2.05, 4.69) is 15.7 Å². The summed E-state index contributed by atoms with van der Waals surface area (Å²) < 4.78 is 1.47. The number of phenolic OH excluding ortho intramolecular Hbond substituents is 1. The lowest BCUT2D eigenvalue weighted by molar-refractivity contribution is -0.121. The van der Waals surface area contributed by atoms with Gasteiger partial charge in [0.1, 0.15) is 12.3 Å². The van der Waals surface area contributed by atoms with Crippen LogP contribution < -0.4 is 10.6 Å². The van der Waals surface area contributed by atoms with Gasteiger partial charge in [-0.1, -0.05) is 12.1 Å². The van der Waals surface area contributed by atoms with Crippen molar-refractivity contribution in [2.24, 2.45) is 0 Å². The molecule has 0 saturated heterocycles. The standard InChI is InChI=1S/C20H23N5O3/c1-24(2)11-9-21-19(27)13-25-10-8-18(23-25)22-20(28)17-5-3-4-14-12-15(26)6-7-16(14)17/h3-8,10,12,26H,9,11,13H2,1-2H3,(H,21,27)(H,22,23,28). The van der Waals surface area contributed by atoms with E-state index in [1.54, 1.807) is 42.6 Å². The molecule has 1 heterocycles. The Morgan fingerprint density at radius 1 is 1.18 bits per heavy atom. The van der Waals surface area contributed by atoms with Crippen LogP contribution in [0.25, 0.3) is 10.8 Å². The highest BCUT2D eigenvalue weighted by atomic mass is 16.3. The van der Waals surface area contributed by atoms with Crippen LogP contribution in [-0.4, -0.2) is 58.8 Å². The maximum Gasteiger partial charge on any atom is 0.257 e. The summed E-state index contributed by atoms with van der Waals surface area (Å²) in [4.78, 5) is 26.5. The van der Waals surface area contributed by atoms with E-state index in [9.17, 15) is 14.7 Å². The fourth-order valence-corrected chi connectivity index (χ4v) is 2.79. The first-order valence-corrected chi connectivity index (χ1v) is 8.90. The average Bonchev–Trinajstić information content (AvgIpc) is 3.07. The molecule has 0 fully saturated rings. The van der Waals surface area contributed by atoms with Gasteiger partial charge < -0.3 is 20.6 Å². The number of carbonyl (C=O) groups is 2. The third-order valence-corrected chi connectivity index (χ3v) is 4.18. The molecule has 0 aliphatic heterocycles. The molecule has 2 amide bonds. The quantitative estimate of drug-likeness (QED) is 0.578. The van der Waals surface area contributed by atoms with Crippen LogP contribution in [0.1, 0.15) is 10.4 Å². The molecular formula is C20H23N5O3. The molecular weight excluding hydrogens is 358 g/mol. The van der Waals surface area contributed by atoms with Crippen LogP contribution in [0, 0.1) is 0 Å². The Hall–Kier alpha value is -3.39. The van der Waals surface area contributed by atoms with Crippen molar-refractivity contribution in [2.45, 2.75) is 6.54 Å². The largest absolute Gasteiger partial charge is 0.508 e. The lowest BCUT2D eigenvalue weighted by Crippen LogP contribution is -2.33. The van der Waals surface area contributed by atoms with E-state index >= 15 is 0 Å². The van der Waals surface area contributed by atoms with Gasteiger partial charge in [0.05, 0.1) is 0 Å². The van der Waals surface area contributed by atoms with E-state index in [1.807, 2.05) is 25.1 Å². The summed E-state index contributed by atoms with van der Waals surface area (Å²) in [5, 5.41) is 20.9. The molecule has 0 aliphatic carbocycles. The minimum absolute atomic E-state index is 0.0802. The van der Waals surface area contributed by atoms with Crippen molar-refractivity contribution in [1.29, 1.82) is 0 Å².